The number of amides is 2. The molecule has 0 fully saturated rings. The van der Waals surface area contributed by atoms with Gasteiger partial charge in [-0.05, 0) is 86.7 Å². The molecule has 4 aromatic rings. The summed E-state index contributed by atoms with van der Waals surface area (Å²) < 4.78 is 30.7. The van der Waals surface area contributed by atoms with Gasteiger partial charge in [0.2, 0.25) is 11.8 Å². The molecule has 0 aliphatic heterocycles. The molecule has 0 aromatic heterocycles. The van der Waals surface area contributed by atoms with Crippen LogP contribution in [0.5, 0.6) is 0 Å². The summed E-state index contributed by atoms with van der Waals surface area (Å²) in [6, 6.07) is 28.1. The van der Waals surface area contributed by atoms with Crippen LogP contribution < -0.4 is 9.62 Å². The molecule has 4 rings (SSSR count). The van der Waals surface area contributed by atoms with E-state index in [-0.39, 0.29) is 29.8 Å². The summed E-state index contributed by atoms with van der Waals surface area (Å²) in [4.78, 5) is 30.2. The molecule has 0 bridgehead atoms. The second-order valence-electron chi connectivity index (χ2n) is 11.7. The van der Waals surface area contributed by atoms with Crippen LogP contribution >= 0.6 is 15.9 Å². The summed E-state index contributed by atoms with van der Waals surface area (Å²) in [5, 5.41) is 3.07. The molecule has 242 valence electrons. The molecule has 0 aliphatic carbocycles. The lowest BCUT2D eigenvalue weighted by Crippen LogP contribution is -2.54. The summed E-state index contributed by atoms with van der Waals surface area (Å²) in [5.74, 6) is -0.780. The van der Waals surface area contributed by atoms with Crippen LogP contribution in [-0.2, 0) is 32.6 Å². The van der Waals surface area contributed by atoms with Crippen LogP contribution in [0.1, 0.15) is 48.1 Å². The topological polar surface area (TPSA) is 86.8 Å². The Morgan fingerprint density at radius 2 is 1.50 bits per heavy atom. The molecule has 7 nitrogen and oxygen atoms in total. The molecule has 0 aliphatic rings. The number of hydrogen-bond donors (Lipinski definition) is 1. The van der Waals surface area contributed by atoms with Crippen LogP contribution in [0.3, 0.4) is 0 Å². The standard InChI is InChI=1S/C37H42BrN3O4S/c1-6-28(4)39-37(43)35(23-30-13-8-7-9-14-30)40(24-31-15-11-16-32(38)22-31)36(42)25-41(34-17-10-12-27(3)29(34)5)46(44,45)33-20-18-26(2)19-21-33/h7-22,28,35H,6,23-25H2,1-5H3,(H,39,43)/t28-,35-/m0/s1. The van der Waals surface area contributed by atoms with Gasteiger partial charge in [0.1, 0.15) is 12.6 Å². The number of halogens is 1. The van der Waals surface area contributed by atoms with E-state index in [1.54, 1.807) is 36.4 Å². The smallest absolute Gasteiger partial charge is 0.264 e. The fourth-order valence-corrected chi connectivity index (χ4v) is 7.10. The maximum absolute atomic E-state index is 14.7. The molecule has 0 heterocycles. The van der Waals surface area contributed by atoms with Crippen molar-refractivity contribution in [2.45, 2.75) is 71.0 Å². The van der Waals surface area contributed by atoms with Crippen LogP contribution in [-0.4, -0.2) is 43.8 Å². The van der Waals surface area contributed by atoms with Gasteiger partial charge >= 0.3 is 0 Å². The maximum Gasteiger partial charge on any atom is 0.264 e. The third-order valence-corrected chi connectivity index (χ3v) is 10.5. The monoisotopic (exact) mass is 703 g/mol. The highest BCUT2D eigenvalue weighted by Crippen LogP contribution is 2.29. The molecular weight excluding hydrogens is 662 g/mol. The van der Waals surface area contributed by atoms with Crippen molar-refractivity contribution in [3.63, 3.8) is 0 Å². The van der Waals surface area contributed by atoms with Gasteiger partial charge in [-0.3, -0.25) is 13.9 Å². The molecule has 0 saturated carbocycles. The van der Waals surface area contributed by atoms with Gasteiger partial charge < -0.3 is 10.2 Å². The summed E-state index contributed by atoms with van der Waals surface area (Å²) in [7, 11) is -4.17. The molecule has 0 saturated heterocycles. The summed E-state index contributed by atoms with van der Waals surface area (Å²) >= 11 is 3.52. The Balaban J connectivity index is 1.84. The zero-order valence-corrected chi connectivity index (χ0v) is 29.4. The second-order valence-corrected chi connectivity index (χ2v) is 14.5. The highest BCUT2D eigenvalue weighted by atomic mass is 79.9. The molecule has 46 heavy (non-hydrogen) atoms. The number of nitrogens with zero attached hydrogens (tertiary/aromatic N) is 2. The third kappa shape index (κ3) is 8.65. The molecule has 0 radical (unpaired) electrons. The van der Waals surface area contributed by atoms with E-state index in [0.29, 0.717) is 5.69 Å². The van der Waals surface area contributed by atoms with Crippen LogP contribution in [0.15, 0.2) is 106 Å². The van der Waals surface area contributed by atoms with Gasteiger partial charge in [-0.1, -0.05) is 95.1 Å². The molecular formula is C37H42BrN3O4S. The first kappa shape index (κ1) is 34.9. The van der Waals surface area contributed by atoms with Crippen molar-refractivity contribution in [1.82, 2.24) is 10.2 Å². The number of sulfonamides is 1. The van der Waals surface area contributed by atoms with Crippen LogP contribution in [0.25, 0.3) is 0 Å². The molecule has 4 aromatic carbocycles. The number of anilines is 1. The van der Waals surface area contributed by atoms with Gasteiger partial charge in [-0.25, -0.2) is 8.42 Å². The van der Waals surface area contributed by atoms with Gasteiger partial charge in [-0.2, -0.15) is 0 Å². The number of benzene rings is 4. The van der Waals surface area contributed by atoms with E-state index < -0.39 is 28.5 Å². The van der Waals surface area contributed by atoms with Crippen molar-refractivity contribution in [2.24, 2.45) is 0 Å². The van der Waals surface area contributed by atoms with Crippen molar-refractivity contribution >= 4 is 43.5 Å². The largest absolute Gasteiger partial charge is 0.352 e. The Hall–Kier alpha value is -3.95. The lowest BCUT2D eigenvalue weighted by atomic mass is 10.0. The van der Waals surface area contributed by atoms with Gasteiger partial charge in [-0.15, -0.1) is 0 Å². The van der Waals surface area contributed by atoms with Crippen molar-refractivity contribution < 1.29 is 18.0 Å². The number of hydrogen-bond acceptors (Lipinski definition) is 4. The summed E-state index contributed by atoms with van der Waals surface area (Å²) in [5.41, 5.74) is 4.67. The predicted molar refractivity (Wildman–Crippen MR) is 188 cm³/mol. The Labute approximate surface area is 281 Å². The van der Waals surface area contributed by atoms with E-state index in [4.69, 9.17) is 0 Å². The number of carbonyl (C=O) groups is 2. The first-order valence-corrected chi connectivity index (χ1v) is 17.7. The predicted octanol–water partition coefficient (Wildman–Crippen LogP) is 7.12. The minimum absolute atomic E-state index is 0.0840. The van der Waals surface area contributed by atoms with Crippen molar-refractivity contribution in [2.75, 3.05) is 10.8 Å². The minimum atomic E-state index is -4.17. The fourth-order valence-electron chi connectivity index (χ4n) is 5.18. The van der Waals surface area contributed by atoms with E-state index in [9.17, 15) is 18.0 Å². The fraction of sp³-hybridized carbons (Fsp3) is 0.297. The van der Waals surface area contributed by atoms with Crippen molar-refractivity contribution in [3.8, 4) is 0 Å². The highest BCUT2D eigenvalue weighted by Gasteiger charge is 2.35. The molecule has 2 amide bonds. The molecule has 0 spiro atoms. The lowest BCUT2D eigenvalue weighted by Gasteiger charge is -2.34. The Kier molecular flexibility index (Phi) is 11.8. The van der Waals surface area contributed by atoms with Crippen LogP contribution in [0, 0.1) is 20.8 Å². The zero-order valence-electron chi connectivity index (χ0n) is 27.0. The van der Waals surface area contributed by atoms with E-state index in [1.165, 1.54) is 9.21 Å². The molecule has 2 atom stereocenters. The number of nitrogens with one attached hydrogen (secondary N) is 1. The van der Waals surface area contributed by atoms with E-state index in [0.717, 1.165) is 38.7 Å². The maximum atomic E-state index is 14.7. The SMILES string of the molecule is CC[C@H](C)NC(=O)[C@H](Cc1ccccc1)N(Cc1cccc(Br)c1)C(=O)CN(c1cccc(C)c1C)S(=O)(=O)c1ccc(C)cc1. The second kappa shape index (κ2) is 15.6. The third-order valence-electron chi connectivity index (χ3n) is 8.25. The summed E-state index contributed by atoms with van der Waals surface area (Å²) in [6.07, 6.45) is 0.982. The number of rotatable bonds is 13. The van der Waals surface area contributed by atoms with Crippen LogP contribution in [0.2, 0.25) is 0 Å². The number of carbonyl (C=O) groups excluding carboxylic acids is 2. The van der Waals surface area contributed by atoms with E-state index in [1.807, 2.05) is 95.3 Å². The first-order valence-electron chi connectivity index (χ1n) is 15.4. The molecule has 1 N–H and O–H groups in total. The molecule has 9 heteroatoms. The van der Waals surface area contributed by atoms with Crippen LogP contribution in [0.4, 0.5) is 5.69 Å². The van der Waals surface area contributed by atoms with E-state index >= 15 is 0 Å². The molecule has 0 unspecified atom stereocenters. The van der Waals surface area contributed by atoms with Crippen molar-refractivity contribution in [3.05, 3.63) is 129 Å². The first-order chi connectivity index (χ1) is 21.9. The van der Waals surface area contributed by atoms with E-state index in [2.05, 4.69) is 21.2 Å². The Bertz CT molecular complexity index is 1760. The van der Waals surface area contributed by atoms with Gasteiger partial charge in [0.25, 0.3) is 10.0 Å². The zero-order chi connectivity index (χ0) is 33.4. The van der Waals surface area contributed by atoms with Gasteiger partial charge in [0.05, 0.1) is 10.6 Å². The number of aryl methyl sites for hydroxylation is 2. The average molecular weight is 705 g/mol. The average Bonchev–Trinajstić information content (AvgIpc) is 3.03. The lowest BCUT2D eigenvalue weighted by molar-refractivity contribution is -0.140. The van der Waals surface area contributed by atoms with Gasteiger partial charge in [0, 0.05) is 23.5 Å². The van der Waals surface area contributed by atoms with Gasteiger partial charge in [0.15, 0.2) is 0 Å². The highest BCUT2D eigenvalue weighted by molar-refractivity contribution is 9.10. The Morgan fingerprint density at radius 3 is 2.15 bits per heavy atom. The van der Waals surface area contributed by atoms with Crippen molar-refractivity contribution in [1.29, 1.82) is 0 Å². The minimum Gasteiger partial charge on any atom is -0.352 e. The Morgan fingerprint density at radius 1 is 0.848 bits per heavy atom. The quantitative estimate of drug-likeness (QED) is 0.161. The summed E-state index contributed by atoms with van der Waals surface area (Å²) in [6.45, 7) is 9.18. The normalized spacial score (nSPS) is 12.7.